The molecule has 0 saturated carbocycles. The minimum absolute atomic E-state index is 0.0626. The predicted molar refractivity (Wildman–Crippen MR) is 50.0 cm³/mol. The predicted octanol–water partition coefficient (Wildman–Crippen LogP) is 1.62. The van der Waals surface area contributed by atoms with Crippen LogP contribution in [-0.4, -0.2) is 11.8 Å². The summed E-state index contributed by atoms with van der Waals surface area (Å²) in [5.41, 5.74) is 0. The highest BCUT2D eigenvalue weighted by Crippen LogP contribution is 2.18. The van der Waals surface area contributed by atoms with Crippen LogP contribution in [0.1, 0.15) is 45.4 Å². The molecule has 0 aliphatic carbocycles. The van der Waals surface area contributed by atoms with Gasteiger partial charge in [-0.1, -0.05) is 26.2 Å². The molecule has 1 aliphatic rings. The van der Waals surface area contributed by atoms with Crippen molar-refractivity contribution in [2.24, 2.45) is 5.92 Å². The summed E-state index contributed by atoms with van der Waals surface area (Å²) in [7, 11) is 0. The Morgan fingerprint density at radius 3 is 2.77 bits per heavy atom. The van der Waals surface area contributed by atoms with Crippen molar-refractivity contribution in [3.05, 3.63) is 0 Å². The summed E-state index contributed by atoms with van der Waals surface area (Å²) in [6.07, 6.45) is 5.65. The molecule has 0 aromatic heterocycles. The average Bonchev–Trinajstić information content (AvgIpc) is 2.09. The molecular formula is C10H17NO2. The van der Waals surface area contributed by atoms with Crippen molar-refractivity contribution in [3.8, 4) is 0 Å². The van der Waals surface area contributed by atoms with Crippen LogP contribution in [0.5, 0.6) is 0 Å². The molecule has 3 heteroatoms. The number of nitrogens with one attached hydrogen (secondary N) is 1. The molecule has 1 rings (SSSR count). The number of hydrogen-bond donors (Lipinski definition) is 1. The fraction of sp³-hybridized carbons (Fsp3) is 0.800. The van der Waals surface area contributed by atoms with Gasteiger partial charge < -0.3 is 0 Å². The molecular weight excluding hydrogens is 166 g/mol. The van der Waals surface area contributed by atoms with Gasteiger partial charge in [0.15, 0.2) is 0 Å². The zero-order chi connectivity index (χ0) is 9.68. The minimum Gasteiger partial charge on any atom is -0.296 e. The molecule has 1 N–H and O–H groups in total. The molecule has 3 nitrogen and oxygen atoms in total. The van der Waals surface area contributed by atoms with Crippen molar-refractivity contribution in [2.45, 2.75) is 45.4 Å². The van der Waals surface area contributed by atoms with E-state index in [1.165, 1.54) is 12.8 Å². The number of unbranched alkanes of at least 4 members (excludes halogenated alkanes) is 2. The summed E-state index contributed by atoms with van der Waals surface area (Å²) in [6.45, 7) is 2.14. The van der Waals surface area contributed by atoms with Crippen LogP contribution in [0.3, 0.4) is 0 Å². The van der Waals surface area contributed by atoms with E-state index in [0.717, 1.165) is 19.3 Å². The Hall–Kier alpha value is -0.860. The molecule has 1 saturated heterocycles. The van der Waals surface area contributed by atoms with Crippen LogP contribution in [0.25, 0.3) is 0 Å². The Balaban J connectivity index is 2.26. The van der Waals surface area contributed by atoms with Crippen molar-refractivity contribution >= 4 is 11.8 Å². The quantitative estimate of drug-likeness (QED) is 0.531. The first-order valence-corrected chi connectivity index (χ1v) is 5.07. The molecule has 2 amide bonds. The second kappa shape index (κ2) is 5.00. The molecule has 0 spiro atoms. The van der Waals surface area contributed by atoms with Gasteiger partial charge in [-0.3, -0.25) is 14.9 Å². The zero-order valence-electron chi connectivity index (χ0n) is 8.14. The van der Waals surface area contributed by atoms with Crippen LogP contribution < -0.4 is 5.32 Å². The Kier molecular flexibility index (Phi) is 3.93. The van der Waals surface area contributed by atoms with E-state index in [-0.39, 0.29) is 17.7 Å². The number of carbonyl (C=O) groups excluding carboxylic acids is 2. The highest BCUT2D eigenvalue weighted by atomic mass is 16.2. The van der Waals surface area contributed by atoms with E-state index in [4.69, 9.17) is 0 Å². The smallest absolute Gasteiger partial charge is 0.229 e. The van der Waals surface area contributed by atoms with Crippen LogP contribution in [0.4, 0.5) is 0 Å². The molecule has 13 heavy (non-hydrogen) atoms. The number of hydrogen-bond acceptors (Lipinski definition) is 2. The average molecular weight is 183 g/mol. The lowest BCUT2D eigenvalue weighted by atomic mass is 9.92. The fourth-order valence-corrected chi connectivity index (χ4v) is 1.65. The first kappa shape index (κ1) is 10.2. The molecule has 1 heterocycles. The number of amides is 2. The maximum Gasteiger partial charge on any atom is 0.229 e. The maximum atomic E-state index is 11.3. The summed E-state index contributed by atoms with van der Waals surface area (Å²) >= 11 is 0. The van der Waals surface area contributed by atoms with Gasteiger partial charge in [-0.25, -0.2) is 0 Å². The molecule has 0 bridgehead atoms. The Bertz CT molecular complexity index is 201. The third-order valence-electron chi connectivity index (χ3n) is 2.51. The number of imide groups is 1. The van der Waals surface area contributed by atoms with E-state index in [9.17, 15) is 9.59 Å². The molecule has 1 aliphatic heterocycles. The van der Waals surface area contributed by atoms with Gasteiger partial charge in [-0.05, 0) is 12.8 Å². The van der Waals surface area contributed by atoms with E-state index in [1.54, 1.807) is 0 Å². The second-order valence-electron chi connectivity index (χ2n) is 3.64. The van der Waals surface area contributed by atoms with E-state index in [0.29, 0.717) is 6.42 Å². The third-order valence-corrected chi connectivity index (χ3v) is 2.51. The maximum absolute atomic E-state index is 11.3. The van der Waals surface area contributed by atoms with Gasteiger partial charge in [0.05, 0.1) is 0 Å². The van der Waals surface area contributed by atoms with Crippen molar-refractivity contribution in [2.75, 3.05) is 0 Å². The summed E-state index contributed by atoms with van der Waals surface area (Å²) in [4.78, 5) is 22.1. The first-order valence-electron chi connectivity index (χ1n) is 5.07. The molecule has 1 fully saturated rings. The van der Waals surface area contributed by atoms with Crippen molar-refractivity contribution in [3.63, 3.8) is 0 Å². The Morgan fingerprint density at radius 1 is 1.38 bits per heavy atom. The number of rotatable bonds is 4. The van der Waals surface area contributed by atoms with Crippen LogP contribution in [0, 0.1) is 5.92 Å². The fourth-order valence-electron chi connectivity index (χ4n) is 1.65. The largest absolute Gasteiger partial charge is 0.296 e. The highest BCUT2D eigenvalue weighted by Gasteiger charge is 2.25. The SMILES string of the molecule is CCCCCC1CCC(=O)NC1=O. The van der Waals surface area contributed by atoms with E-state index >= 15 is 0 Å². The lowest BCUT2D eigenvalue weighted by Crippen LogP contribution is -2.40. The first-order chi connectivity index (χ1) is 6.24. The van der Waals surface area contributed by atoms with E-state index in [2.05, 4.69) is 12.2 Å². The van der Waals surface area contributed by atoms with E-state index < -0.39 is 0 Å². The molecule has 0 aromatic rings. The molecule has 1 unspecified atom stereocenters. The van der Waals surface area contributed by atoms with Crippen LogP contribution in [0.2, 0.25) is 0 Å². The summed E-state index contributed by atoms with van der Waals surface area (Å²) in [6, 6.07) is 0. The third kappa shape index (κ3) is 3.17. The Labute approximate surface area is 78.9 Å². The number of piperidine rings is 1. The topological polar surface area (TPSA) is 46.2 Å². The highest BCUT2D eigenvalue weighted by molar-refractivity contribution is 5.98. The van der Waals surface area contributed by atoms with Gasteiger partial charge >= 0.3 is 0 Å². The van der Waals surface area contributed by atoms with Crippen molar-refractivity contribution < 1.29 is 9.59 Å². The van der Waals surface area contributed by atoms with Gasteiger partial charge in [0.1, 0.15) is 0 Å². The molecule has 1 atom stereocenters. The minimum atomic E-state index is -0.114. The van der Waals surface area contributed by atoms with Gasteiger partial charge in [-0.15, -0.1) is 0 Å². The summed E-state index contributed by atoms with van der Waals surface area (Å²) in [5, 5.41) is 2.38. The molecule has 0 aromatic carbocycles. The van der Waals surface area contributed by atoms with E-state index in [1.807, 2.05) is 0 Å². The van der Waals surface area contributed by atoms with Crippen molar-refractivity contribution in [1.29, 1.82) is 0 Å². The van der Waals surface area contributed by atoms with Gasteiger partial charge in [0.25, 0.3) is 0 Å². The van der Waals surface area contributed by atoms with Gasteiger partial charge in [0, 0.05) is 12.3 Å². The molecule has 74 valence electrons. The Morgan fingerprint density at radius 2 is 2.15 bits per heavy atom. The second-order valence-corrected chi connectivity index (χ2v) is 3.64. The molecule has 0 radical (unpaired) electrons. The van der Waals surface area contributed by atoms with Crippen molar-refractivity contribution in [1.82, 2.24) is 5.32 Å². The zero-order valence-corrected chi connectivity index (χ0v) is 8.14. The monoisotopic (exact) mass is 183 g/mol. The van der Waals surface area contributed by atoms with Gasteiger partial charge in [0.2, 0.25) is 11.8 Å². The summed E-state index contributed by atoms with van der Waals surface area (Å²) < 4.78 is 0. The number of carbonyl (C=O) groups is 2. The standard InChI is InChI=1S/C10H17NO2/c1-2-3-4-5-8-6-7-9(12)11-10(8)13/h8H,2-7H2,1H3,(H,11,12,13). The normalized spacial score (nSPS) is 23.0. The lowest BCUT2D eigenvalue weighted by Gasteiger charge is -2.20. The lowest BCUT2D eigenvalue weighted by molar-refractivity contribution is -0.136. The van der Waals surface area contributed by atoms with Crippen LogP contribution in [0.15, 0.2) is 0 Å². The summed E-state index contributed by atoms with van der Waals surface area (Å²) in [5.74, 6) is -0.0895. The van der Waals surface area contributed by atoms with Gasteiger partial charge in [-0.2, -0.15) is 0 Å². The van der Waals surface area contributed by atoms with Crippen LogP contribution in [-0.2, 0) is 9.59 Å². The van der Waals surface area contributed by atoms with Crippen LogP contribution >= 0.6 is 0 Å².